The lowest BCUT2D eigenvalue weighted by Crippen LogP contribution is -2.65. The molecule has 0 amide bonds. The molecule has 5 heteroatoms. The molecule has 174 valence electrons. The first-order chi connectivity index (χ1) is 14.5. The number of rotatable bonds is 5. The fourth-order valence-corrected chi connectivity index (χ4v) is 7.91. The monoisotopic (exact) mass is 436 g/mol. The van der Waals surface area contributed by atoms with Gasteiger partial charge in [0.25, 0.3) is 0 Å². The quantitative estimate of drug-likeness (QED) is 0.453. The molecule has 0 heterocycles. The van der Waals surface area contributed by atoms with Crippen molar-refractivity contribution < 1.29 is 23.8 Å². The Morgan fingerprint density at radius 3 is 2.42 bits per heavy atom. The number of unbranched alkanes of at least 4 members (excludes halogenated alkanes) is 3. The molecule has 0 aromatic rings. The van der Waals surface area contributed by atoms with Crippen molar-refractivity contribution in [2.45, 2.75) is 104 Å². The number of fused-ring (bicyclic) bond motifs is 5. The van der Waals surface area contributed by atoms with Crippen LogP contribution in [0.1, 0.15) is 91.9 Å². The van der Waals surface area contributed by atoms with Gasteiger partial charge in [-0.1, -0.05) is 40.0 Å². The maximum Gasteiger partial charge on any atom is 0.214 e. The first-order valence-corrected chi connectivity index (χ1v) is 12.2. The van der Waals surface area contributed by atoms with Gasteiger partial charge in [-0.25, -0.2) is 8.78 Å². The molecule has 3 fully saturated rings. The minimum Gasteiger partial charge on any atom is -0.504 e. The summed E-state index contributed by atoms with van der Waals surface area (Å²) in [4.78, 5) is 13.3. The lowest BCUT2D eigenvalue weighted by molar-refractivity contribution is -0.165. The van der Waals surface area contributed by atoms with E-state index in [0.29, 0.717) is 25.2 Å². The molecule has 0 spiro atoms. The number of carbonyl (C=O) groups excluding carboxylic acids is 1. The summed E-state index contributed by atoms with van der Waals surface area (Å²) in [7, 11) is 0. The molecule has 2 N–H and O–H groups in total. The zero-order chi connectivity index (χ0) is 22.8. The number of aliphatic hydroxyl groups excluding tert-OH is 2. The Hall–Kier alpha value is -1.39. The van der Waals surface area contributed by atoms with Crippen LogP contribution in [0.2, 0.25) is 0 Å². The zero-order valence-electron chi connectivity index (χ0n) is 19.4. The molecule has 31 heavy (non-hydrogen) atoms. The van der Waals surface area contributed by atoms with Crippen molar-refractivity contribution >= 4 is 5.78 Å². The Morgan fingerprint density at radius 2 is 1.74 bits per heavy atom. The summed E-state index contributed by atoms with van der Waals surface area (Å²) in [5.41, 5.74) is -3.29. The Bertz CT molecular complexity index is 833. The number of allylic oxidation sites excluding steroid dienone is 3. The van der Waals surface area contributed by atoms with Crippen LogP contribution in [0.15, 0.2) is 22.7 Å². The van der Waals surface area contributed by atoms with E-state index in [1.807, 2.05) is 0 Å². The SMILES string of the molecule is CCCCCCC1=C2[C@@H](F)C[C@H]3[C@@H]4C[C@@H](C)C[C@@]4(C)CC[C@]3(F)[C@@]2(C)C(=O)C(O)=C1O. The summed E-state index contributed by atoms with van der Waals surface area (Å²) in [6.45, 7) is 7.97. The van der Waals surface area contributed by atoms with E-state index >= 15 is 8.78 Å². The molecule has 4 aliphatic rings. The van der Waals surface area contributed by atoms with Gasteiger partial charge in [-0.15, -0.1) is 0 Å². The van der Waals surface area contributed by atoms with Crippen molar-refractivity contribution in [3.63, 3.8) is 0 Å². The van der Waals surface area contributed by atoms with Crippen molar-refractivity contribution in [2.24, 2.45) is 28.6 Å². The van der Waals surface area contributed by atoms with Gasteiger partial charge in [0, 0.05) is 11.5 Å². The van der Waals surface area contributed by atoms with Crippen LogP contribution in [0.5, 0.6) is 0 Å². The molecule has 4 rings (SSSR count). The van der Waals surface area contributed by atoms with Crippen LogP contribution in [0, 0.1) is 28.6 Å². The van der Waals surface area contributed by atoms with Gasteiger partial charge in [0.15, 0.2) is 5.76 Å². The summed E-state index contributed by atoms with van der Waals surface area (Å²) in [6.07, 6.45) is 5.36. The highest BCUT2D eigenvalue weighted by Crippen LogP contribution is 2.69. The van der Waals surface area contributed by atoms with E-state index in [9.17, 15) is 15.0 Å². The van der Waals surface area contributed by atoms with Crippen molar-refractivity contribution in [1.82, 2.24) is 0 Å². The Balaban J connectivity index is 1.80. The zero-order valence-corrected chi connectivity index (χ0v) is 19.4. The topological polar surface area (TPSA) is 57.5 Å². The number of alkyl halides is 2. The molecule has 0 unspecified atom stereocenters. The molecule has 0 aromatic heterocycles. The number of carbonyl (C=O) groups is 1. The van der Waals surface area contributed by atoms with Crippen molar-refractivity contribution in [1.29, 1.82) is 0 Å². The van der Waals surface area contributed by atoms with E-state index in [2.05, 4.69) is 20.8 Å². The van der Waals surface area contributed by atoms with Crippen LogP contribution in [0.25, 0.3) is 0 Å². The standard InChI is InChI=1S/C26H38F2O3/c1-5-6-7-8-9-16-20-19(27)13-18-17-12-15(2)14-24(17,3)10-11-26(18,28)25(20,4)23(31)22(30)21(16)29/h15,17-19,29-30H,5-14H2,1-4H3/t15-,17+,18+,19+,24-,25-,26-/m1/s1. The molecule has 0 aliphatic heterocycles. The summed E-state index contributed by atoms with van der Waals surface area (Å²) >= 11 is 0. The average molecular weight is 437 g/mol. The van der Waals surface area contributed by atoms with E-state index in [0.717, 1.165) is 32.1 Å². The largest absolute Gasteiger partial charge is 0.504 e. The van der Waals surface area contributed by atoms with Crippen molar-refractivity contribution in [3.8, 4) is 0 Å². The average Bonchev–Trinajstić information content (AvgIpc) is 3.03. The number of hydrogen-bond acceptors (Lipinski definition) is 3. The molecule has 0 saturated heterocycles. The van der Waals surface area contributed by atoms with Gasteiger partial charge in [0.05, 0.1) is 5.41 Å². The van der Waals surface area contributed by atoms with Crippen LogP contribution in [-0.4, -0.2) is 27.8 Å². The first kappa shape index (κ1) is 22.8. The van der Waals surface area contributed by atoms with Crippen LogP contribution in [0.3, 0.4) is 0 Å². The van der Waals surface area contributed by atoms with Gasteiger partial charge in [-0.3, -0.25) is 4.79 Å². The maximum absolute atomic E-state index is 17.2. The molecule has 4 aliphatic carbocycles. The third-order valence-corrected chi connectivity index (χ3v) is 9.43. The highest BCUT2D eigenvalue weighted by Gasteiger charge is 2.71. The molecular formula is C26H38F2O3. The molecule has 3 nitrogen and oxygen atoms in total. The second kappa shape index (κ2) is 7.59. The van der Waals surface area contributed by atoms with Crippen LogP contribution < -0.4 is 0 Å². The number of aliphatic hydroxyl groups is 2. The van der Waals surface area contributed by atoms with E-state index < -0.39 is 40.5 Å². The van der Waals surface area contributed by atoms with E-state index in [1.54, 1.807) is 0 Å². The first-order valence-electron chi connectivity index (χ1n) is 12.2. The third-order valence-electron chi connectivity index (χ3n) is 9.43. The lowest BCUT2D eigenvalue weighted by Gasteiger charge is -2.60. The predicted octanol–water partition coefficient (Wildman–Crippen LogP) is 7.08. The normalized spacial score (nSPS) is 44.9. The van der Waals surface area contributed by atoms with Gasteiger partial charge in [0.1, 0.15) is 11.8 Å². The van der Waals surface area contributed by atoms with Crippen LogP contribution >= 0.6 is 0 Å². The van der Waals surface area contributed by atoms with Gasteiger partial charge in [-0.05, 0) is 74.7 Å². The summed E-state index contributed by atoms with van der Waals surface area (Å²) in [5.74, 6) is -2.20. The third kappa shape index (κ3) is 3.04. The molecule has 0 radical (unpaired) electrons. The lowest BCUT2D eigenvalue weighted by atomic mass is 9.45. The predicted molar refractivity (Wildman–Crippen MR) is 117 cm³/mol. The van der Waals surface area contributed by atoms with E-state index in [4.69, 9.17) is 0 Å². The summed E-state index contributed by atoms with van der Waals surface area (Å²) < 4.78 is 33.1. The summed E-state index contributed by atoms with van der Waals surface area (Å²) in [5, 5.41) is 21.2. The Labute approximate surface area is 185 Å². The van der Waals surface area contributed by atoms with Crippen molar-refractivity contribution in [2.75, 3.05) is 0 Å². The van der Waals surface area contributed by atoms with Gasteiger partial charge < -0.3 is 10.2 Å². The number of ketones is 1. The van der Waals surface area contributed by atoms with Gasteiger partial charge in [-0.2, -0.15) is 0 Å². The second-order valence-electron chi connectivity index (χ2n) is 11.3. The Kier molecular flexibility index (Phi) is 5.58. The minimum absolute atomic E-state index is 0.0162. The van der Waals surface area contributed by atoms with Gasteiger partial charge >= 0.3 is 0 Å². The minimum atomic E-state index is -1.90. The van der Waals surface area contributed by atoms with Crippen LogP contribution in [0.4, 0.5) is 8.78 Å². The number of halogens is 2. The van der Waals surface area contributed by atoms with Crippen LogP contribution in [-0.2, 0) is 4.79 Å². The van der Waals surface area contributed by atoms with Crippen molar-refractivity contribution in [3.05, 3.63) is 22.7 Å². The van der Waals surface area contributed by atoms with Gasteiger partial charge in [0.2, 0.25) is 11.5 Å². The number of hydrogen-bond donors (Lipinski definition) is 2. The van der Waals surface area contributed by atoms with E-state index in [-0.39, 0.29) is 35.3 Å². The fourth-order valence-electron chi connectivity index (χ4n) is 7.91. The molecule has 7 atom stereocenters. The molecule has 3 saturated carbocycles. The maximum atomic E-state index is 17.2. The fraction of sp³-hybridized carbons (Fsp3) is 0.808. The Morgan fingerprint density at radius 1 is 1.03 bits per heavy atom. The molecule has 0 bridgehead atoms. The highest BCUT2D eigenvalue weighted by atomic mass is 19.1. The number of Topliss-reactive ketones (excluding diaryl/α,β-unsaturated/α-hetero) is 1. The highest BCUT2D eigenvalue weighted by molar-refractivity contribution is 6.04. The smallest absolute Gasteiger partial charge is 0.214 e. The second-order valence-corrected chi connectivity index (χ2v) is 11.3. The summed E-state index contributed by atoms with van der Waals surface area (Å²) in [6, 6.07) is 0. The molecular weight excluding hydrogens is 398 g/mol. The van der Waals surface area contributed by atoms with E-state index in [1.165, 1.54) is 6.92 Å². The molecule has 0 aromatic carbocycles.